The fourth-order valence-corrected chi connectivity index (χ4v) is 11.6. The predicted molar refractivity (Wildman–Crippen MR) is 344 cm³/mol. The molecule has 0 radical (unpaired) electrons. The van der Waals surface area contributed by atoms with Crippen molar-refractivity contribution in [3.8, 4) is 0 Å². The molecule has 0 aliphatic rings. The minimum Gasteiger partial charge on any atom is -0.462 e. The molecular formula is C67H130O17P2. The van der Waals surface area contributed by atoms with Crippen LogP contribution in [-0.4, -0.2) is 96.7 Å². The van der Waals surface area contributed by atoms with Crippen LogP contribution in [-0.2, 0) is 65.4 Å². The standard InChI is InChI=1S/C67H130O17P2/c1-8-9-10-11-12-26-34-41-48-64(69)77-55-63(84-67(72)51-44-37-30-29-33-40-47-60(6)7)57-82-86(75,76)80-53-61(68)52-79-85(73,74)81-56-62(54-78-65(70)49-42-35-27-23-22-25-32-39-46-59(4)5)83-66(71)50-43-36-28-21-19-17-15-13-14-16-18-20-24-31-38-45-58(2)3/h58-63,68H,8-57H2,1-7H3,(H,73,74)(H,75,76)/t61-,62-,63-/m1/s1. The van der Waals surface area contributed by atoms with Crippen LogP contribution < -0.4 is 0 Å². The molecule has 86 heavy (non-hydrogen) atoms. The second kappa shape index (κ2) is 58.2. The van der Waals surface area contributed by atoms with Gasteiger partial charge in [-0.25, -0.2) is 9.13 Å². The summed E-state index contributed by atoms with van der Waals surface area (Å²) in [7, 11) is -9.89. The number of esters is 4. The normalized spacial score (nSPS) is 14.3. The molecule has 2 unspecified atom stereocenters. The fourth-order valence-electron chi connectivity index (χ4n) is 10.0. The van der Waals surface area contributed by atoms with E-state index >= 15 is 0 Å². The van der Waals surface area contributed by atoms with Gasteiger partial charge in [0.05, 0.1) is 26.4 Å². The summed E-state index contributed by atoms with van der Waals surface area (Å²) in [5, 5.41) is 10.5. The summed E-state index contributed by atoms with van der Waals surface area (Å²) in [6, 6.07) is 0. The predicted octanol–water partition coefficient (Wildman–Crippen LogP) is 18.7. The summed E-state index contributed by atoms with van der Waals surface area (Å²) >= 11 is 0. The molecule has 0 fully saturated rings. The molecule has 0 bridgehead atoms. The molecule has 0 heterocycles. The second-order valence-corrected chi connectivity index (χ2v) is 28.5. The highest BCUT2D eigenvalue weighted by atomic mass is 31.2. The van der Waals surface area contributed by atoms with Crippen molar-refractivity contribution in [3.63, 3.8) is 0 Å². The average Bonchev–Trinajstić information content (AvgIpc) is 3.63. The third-order valence-corrected chi connectivity index (χ3v) is 17.3. The van der Waals surface area contributed by atoms with E-state index in [1.54, 1.807) is 0 Å². The summed E-state index contributed by atoms with van der Waals surface area (Å²) in [6.07, 6.45) is 40.6. The van der Waals surface area contributed by atoms with E-state index in [9.17, 15) is 43.2 Å². The molecular weight excluding hydrogens is 1140 g/mol. The first kappa shape index (κ1) is 84.1. The summed E-state index contributed by atoms with van der Waals surface area (Å²) in [4.78, 5) is 72.2. The lowest BCUT2D eigenvalue weighted by molar-refractivity contribution is -0.161. The Morgan fingerprint density at radius 3 is 0.791 bits per heavy atom. The Kier molecular flexibility index (Phi) is 56.9. The number of aliphatic hydroxyl groups is 1. The van der Waals surface area contributed by atoms with Gasteiger partial charge in [-0.15, -0.1) is 0 Å². The van der Waals surface area contributed by atoms with E-state index < -0.39 is 97.5 Å². The zero-order chi connectivity index (χ0) is 63.8. The lowest BCUT2D eigenvalue weighted by Crippen LogP contribution is -2.30. The van der Waals surface area contributed by atoms with Crippen LogP contribution in [0.25, 0.3) is 0 Å². The lowest BCUT2D eigenvalue weighted by atomic mass is 10.0. The number of hydrogen-bond donors (Lipinski definition) is 3. The molecule has 0 rings (SSSR count). The molecule has 0 aliphatic heterocycles. The first-order chi connectivity index (χ1) is 41.2. The van der Waals surface area contributed by atoms with Crippen LogP contribution in [0.3, 0.4) is 0 Å². The number of unbranched alkanes of at least 4 members (excludes halogenated alkanes) is 33. The van der Waals surface area contributed by atoms with E-state index in [1.165, 1.54) is 135 Å². The fraction of sp³-hybridized carbons (Fsp3) is 0.940. The Bertz CT molecular complexity index is 1700. The largest absolute Gasteiger partial charge is 0.472 e. The van der Waals surface area contributed by atoms with Crippen LogP contribution in [0.4, 0.5) is 0 Å². The van der Waals surface area contributed by atoms with Crippen molar-refractivity contribution in [2.75, 3.05) is 39.6 Å². The Labute approximate surface area is 524 Å². The third kappa shape index (κ3) is 60.9. The van der Waals surface area contributed by atoms with Crippen molar-refractivity contribution in [1.82, 2.24) is 0 Å². The second-order valence-electron chi connectivity index (χ2n) is 25.6. The summed E-state index contributed by atoms with van der Waals surface area (Å²) in [6.45, 7) is 11.7. The minimum atomic E-state index is -4.95. The molecule has 3 N–H and O–H groups in total. The van der Waals surface area contributed by atoms with Gasteiger partial charge in [-0.1, -0.05) is 280 Å². The quantitative estimate of drug-likeness (QED) is 0.0222. The van der Waals surface area contributed by atoms with Crippen LogP contribution in [0, 0.1) is 17.8 Å². The van der Waals surface area contributed by atoms with E-state index in [4.69, 9.17) is 37.0 Å². The number of phosphoric acid groups is 2. The maximum Gasteiger partial charge on any atom is 0.472 e. The Hall–Kier alpha value is -1.94. The minimum absolute atomic E-state index is 0.102. The molecule has 0 aromatic carbocycles. The smallest absolute Gasteiger partial charge is 0.462 e. The zero-order valence-corrected chi connectivity index (χ0v) is 57.6. The van der Waals surface area contributed by atoms with Gasteiger partial charge in [-0.2, -0.15) is 0 Å². The summed E-state index contributed by atoms with van der Waals surface area (Å²) in [5.74, 6) is 0.0604. The number of phosphoric ester groups is 2. The number of carbonyl (C=O) groups excluding carboxylic acids is 4. The van der Waals surface area contributed by atoms with Gasteiger partial charge >= 0.3 is 39.5 Å². The number of ether oxygens (including phenoxy) is 4. The molecule has 0 amide bonds. The maximum atomic E-state index is 13.0. The van der Waals surface area contributed by atoms with Crippen LogP contribution in [0.5, 0.6) is 0 Å². The van der Waals surface area contributed by atoms with Crippen LogP contribution in [0.1, 0.15) is 331 Å². The molecule has 0 aromatic heterocycles. The molecule has 510 valence electrons. The Balaban J connectivity index is 5.19. The summed E-state index contributed by atoms with van der Waals surface area (Å²) < 4.78 is 68.0. The zero-order valence-electron chi connectivity index (χ0n) is 55.8. The Morgan fingerprint density at radius 2 is 0.535 bits per heavy atom. The van der Waals surface area contributed by atoms with Crippen molar-refractivity contribution in [2.24, 2.45) is 17.8 Å². The van der Waals surface area contributed by atoms with Gasteiger partial charge in [0.25, 0.3) is 0 Å². The van der Waals surface area contributed by atoms with Crippen molar-refractivity contribution >= 4 is 39.5 Å². The average molecular weight is 1270 g/mol. The van der Waals surface area contributed by atoms with Crippen molar-refractivity contribution in [1.29, 1.82) is 0 Å². The van der Waals surface area contributed by atoms with Gasteiger partial charge in [-0.05, 0) is 43.4 Å². The van der Waals surface area contributed by atoms with Gasteiger partial charge in [-0.3, -0.25) is 37.3 Å². The van der Waals surface area contributed by atoms with E-state index in [0.717, 1.165) is 108 Å². The van der Waals surface area contributed by atoms with Crippen LogP contribution >= 0.6 is 15.6 Å². The van der Waals surface area contributed by atoms with Crippen molar-refractivity contribution in [3.05, 3.63) is 0 Å². The highest BCUT2D eigenvalue weighted by Crippen LogP contribution is 2.45. The lowest BCUT2D eigenvalue weighted by Gasteiger charge is -2.21. The van der Waals surface area contributed by atoms with Crippen LogP contribution in [0.15, 0.2) is 0 Å². The first-order valence-electron chi connectivity index (χ1n) is 34.8. The molecule has 0 saturated heterocycles. The van der Waals surface area contributed by atoms with Gasteiger partial charge in [0.1, 0.15) is 19.3 Å². The summed E-state index contributed by atoms with van der Waals surface area (Å²) in [5.41, 5.74) is 0. The van der Waals surface area contributed by atoms with Crippen molar-refractivity contribution in [2.45, 2.75) is 349 Å². The molecule has 0 spiro atoms. The Morgan fingerprint density at radius 1 is 0.314 bits per heavy atom. The molecule has 19 heteroatoms. The SMILES string of the molecule is CCCCCCCCCCC(=O)OC[C@H](COP(=O)(O)OC[C@H](O)COP(=O)(O)OC[C@@H](COC(=O)CCCCCCCCCCC(C)C)OC(=O)CCCCCCCCCCCCCCCCCC(C)C)OC(=O)CCCCCCCCC(C)C. The number of rotatable bonds is 65. The van der Waals surface area contributed by atoms with Gasteiger partial charge in [0.15, 0.2) is 12.2 Å². The van der Waals surface area contributed by atoms with Crippen LogP contribution in [0.2, 0.25) is 0 Å². The van der Waals surface area contributed by atoms with Crippen molar-refractivity contribution < 1.29 is 80.2 Å². The maximum absolute atomic E-state index is 13.0. The molecule has 0 aliphatic carbocycles. The van der Waals surface area contributed by atoms with E-state index in [-0.39, 0.29) is 25.7 Å². The highest BCUT2D eigenvalue weighted by Gasteiger charge is 2.30. The van der Waals surface area contributed by atoms with Gasteiger partial charge < -0.3 is 33.8 Å². The highest BCUT2D eigenvalue weighted by molar-refractivity contribution is 7.47. The van der Waals surface area contributed by atoms with E-state index in [1.807, 2.05) is 0 Å². The topological polar surface area (TPSA) is 237 Å². The van der Waals surface area contributed by atoms with E-state index in [0.29, 0.717) is 31.6 Å². The third-order valence-electron chi connectivity index (χ3n) is 15.4. The number of carbonyl (C=O) groups is 4. The molecule has 17 nitrogen and oxygen atoms in total. The molecule has 0 saturated carbocycles. The van der Waals surface area contributed by atoms with Gasteiger partial charge in [0, 0.05) is 25.7 Å². The monoisotopic (exact) mass is 1270 g/mol. The first-order valence-corrected chi connectivity index (χ1v) is 37.8. The molecule has 5 atom stereocenters. The number of hydrogen-bond acceptors (Lipinski definition) is 15. The van der Waals surface area contributed by atoms with Gasteiger partial charge in [0.2, 0.25) is 0 Å². The van der Waals surface area contributed by atoms with E-state index in [2.05, 4.69) is 48.5 Å². The number of aliphatic hydroxyl groups excluding tert-OH is 1. The molecule has 0 aromatic rings.